The van der Waals surface area contributed by atoms with Crippen LogP contribution in [0.5, 0.6) is 5.88 Å². The summed E-state index contributed by atoms with van der Waals surface area (Å²) in [5.74, 6) is -0.844. The number of nitrogens with zero attached hydrogens (tertiary/aromatic N) is 3. The van der Waals surface area contributed by atoms with Gasteiger partial charge in [0.2, 0.25) is 5.88 Å². The summed E-state index contributed by atoms with van der Waals surface area (Å²) in [5.41, 5.74) is 0.0711. The number of amides is 1. The molecule has 1 saturated heterocycles. The number of ether oxygens (including phenoxy) is 1. The van der Waals surface area contributed by atoms with Gasteiger partial charge in [0.05, 0.1) is 12.2 Å². The van der Waals surface area contributed by atoms with Crippen molar-refractivity contribution in [2.24, 2.45) is 0 Å². The second-order valence-electron chi connectivity index (χ2n) is 6.32. The highest BCUT2D eigenvalue weighted by atomic mass is 19.4. The van der Waals surface area contributed by atoms with E-state index < -0.39 is 23.3 Å². The topological polar surface area (TPSA) is 45.7 Å². The minimum Gasteiger partial charge on any atom is -0.478 e. The van der Waals surface area contributed by atoms with E-state index in [-0.39, 0.29) is 12.5 Å². The molecule has 1 amide bonds. The molecule has 0 spiro atoms. The van der Waals surface area contributed by atoms with Gasteiger partial charge in [-0.1, -0.05) is 19.2 Å². The van der Waals surface area contributed by atoms with Crippen molar-refractivity contribution < 1.29 is 22.7 Å². The molecule has 28 heavy (non-hydrogen) atoms. The second kappa shape index (κ2) is 8.95. The van der Waals surface area contributed by atoms with E-state index in [1.807, 2.05) is 17.9 Å². The Morgan fingerprint density at radius 1 is 1.25 bits per heavy atom. The first-order valence-electron chi connectivity index (χ1n) is 8.92. The minimum absolute atomic E-state index is 0.156. The lowest BCUT2D eigenvalue weighted by Gasteiger charge is -2.37. The molecule has 2 rings (SSSR count). The van der Waals surface area contributed by atoms with Crippen molar-refractivity contribution in [3.63, 3.8) is 0 Å². The van der Waals surface area contributed by atoms with E-state index in [0.29, 0.717) is 26.2 Å². The number of halogens is 3. The van der Waals surface area contributed by atoms with Gasteiger partial charge in [0.25, 0.3) is 5.91 Å². The maximum Gasteiger partial charge on any atom is 0.434 e. The molecule has 0 unspecified atom stereocenters. The van der Waals surface area contributed by atoms with Crippen molar-refractivity contribution in [1.29, 1.82) is 0 Å². The maximum atomic E-state index is 13.4. The minimum atomic E-state index is -4.75. The Morgan fingerprint density at radius 2 is 1.86 bits per heavy atom. The first kappa shape index (κ1) is 21.5. The highest BCUT2D eigenvalue weighted by molar-refractivity contribution is 5.95. The molecule has 0 aromatic carbocycles. The molecular weight excluding hydrogens is 371 g/mol. The highest BCUT2D eigenvalue weighted by Gasteiger charge is 2.39. The van der Waals surface area contributed by atoms with Crippen LogP contribution in [0.3, 0.4) is 0 Å². The van der Waals surface area contributed by atoms with E-state index in [1.54, 1.807) is 13.0 Å². The third-order valence-corrected chi connectivity index (χ3v) is 4.28. The van der Waals surface area contributed by atoms with Crippen molar-refractivity contribution in [2.45, 2.75) is 20.0 Å². The Balaban J connectivity index is 2.20. The van der Waals surface area contributed by atoms with Crippen LogP contribution < -0.4 is 4.74 Å². The SMILES string of the molecule is C=C/C=C(\C(=C)C)N1CCN(C(=O)c2ccc(OCC)nc2C(F)(F)F)CC1. The quantitative estimate of drug-likeness (QED) is 0.686. The fraction of sp³-hybridized carbons (Fsp3) is 0.400. The van der Waals surface area contributed by atoms with Crippen molar-refractivity contribution >= 4 is 5.91 Å². The van der Waals surface area contributed by atoms with Gasteiger partial charge >= 0.3 is 6.18 Å². The zero-order chi connectivity index (χ0) is 20.9. The number of rotatable bonds is 6. The van der Waals surface area contributed by atoms with E-state index >= 15 is 0 Å². The van der Waals surface area contributed by atoms with E-state index in [0.717, 1.165) is 17.3 Å². The van der Waals surface area contributed by atoms with Crippen LogP contribution in [0.15, 0.2) is 48.7 Å². The summed E-state index contributed by atoms with van der Waals surface area (Å²) in [7, 11) is 0. The first-order valence-corrected chi connectivity index (χ1v) is 8.92. The van der Waals surface area contributed by atoms with Crippen LogP contribution in [0, 0.1) is 0 Å². The number of carbonyl (C=O) groups excluding carboxylic acids is 1. The summed E-state index contributed by atoms with van der Waals surface area (Å²) in [4.78, 5) is 19.7. The summed E-state index contributed by atoms with van der Waals surface area (Å²) in [6.07, 6.45) is -1.26. The molecule has 0 radical (unpaired) electrons. The Bertz CT molecular complexity index is 779. The zero-order valence-electron chi connectivity index (χ0n) is 16.1. The summed E-state index contributed by atoms with van der Waals surface area (Å²) in [6.45, 7) is 12.9. The Hall–Kier alpha value is -2.77. The van der Waals surface area contributed by atoms with Crippen molar-refractivity contribution in [3.05, 3.63) is 60.0 Å². The van der Waals surface area contributed by atoms with Gasteiger partial charge in [0, 0.05) is 37.9 Å². The number of pyridine rings is 1. The molecule has 8 heteroatoms. The fourth-order valence-corrected chi connectivity index (χ4v) is 3.01. The van der Waals surface area contributed by atoms with Crippen LogP contribution in [0.1, 0.15) is 29.9 Å². The number of piperazine rings is 1. The van der Waals surface area contributed by atoms with Gasteiger partial charge in [-0.25, -0.2) is 4.98 Å². The number of hydrogen-bond donors (Lipinski definition) is 0. The average Bonchev–Trinajstić information content (AvgIpc) is 2.65. The molecule has 1 aromatic heterocycles. The lowest BCUT2D eigenvalue weighted by molar-refractivity contribution is -0.141. The lowest BCUT2D eigenvalue weighted by Crippen LogP contribution is -2.48. The van der Waals surface area contributed by atoms with E-state index in [1.165, 1.54) is 11.0 Å². The second-order valence-corrected chi connectivity index (χ2v) is 6.32. The van der Waals surface area contributed by atoms with Gasteiger partial charge in [0.1, 0.15) is 0 Å². The molecule has 0 N–H and O–H groups in total. The summed E-state index contributed by atoms with van der Waals surface area (Å²) in [5, 5.41) is 0. The number of carbonyl (C=O) groups is 1. The molecule has 0 aliphatic carbocycles. The molecule has 5 nitrogen and oxygen atoms in total. The summed E-state index contributed by atoms with van der Waals surface area (Å²) < 4.78 is 45.3. The van der Waals surface area contributed by atoms with Gasteiger partial charge in [-0.2, -0.15) is 13.2 Å². The Kier molecular flexibility index (Phi) is 6.88. The lowest BCUT2D eigenvalue weighted by atomic mass is 10.1. The van der Waals surface area contributed by atoms with Crippen LogP contribution in [0.4, 0.5) is 13.2 Å². The largest absolute Gasteiger partial charge is 0.478 e. The monoisotopic (exact) mass is 395 g/mol. The fourth-order valence-electron chi connectivity index (χ4n) is 3.01. The molecule has 1 aromatic rings. The average molecular weight is 395 g/mol. The van der Waals surface area contributed by atoms with Crippen LogP contribution in [0.2, 0.25) is 0 Å². The Morgan fingerprint density at radius 3 is 2.36 bits per heavy atom. The number of allylic oxidation sites excluding steroid dienone is 3. The van der Waals surface area contributed by atoms with Crippen LogP contribution in [-0.2, 0) is 6.18 Å². The predicted molar refractivity (Wildman–Crippen MR) is 101 cm³/mol. The molecule has 1 aliphatic heterocycles. The zero-order valence-corrected chi connectivity index (χ0v) is 16.1. The number of aromatic nitrogens is 1. The maximum absolute atomic E-state index is 13.4. The van der Waals surface area contributed by atoms with Crippen molar-refractivity contribution in [1.82, 2.24) is 14.8 Å². The summed E-state index contributed by atoms with van der Waals surface area (Å²) in [6, 6.07) is 2.42. The van der Waals surface area contributed by atoms with Gasteiger partial charge < -0.3 is 14.5 Å². The number of hydrogen-bond acceptors (Lipinski definition) is 4. The molecule has 1 aliphatic rings. The molecule has 2 heterocycles. The standard InChI is InChI=1S/C20H24F3N3O2/c1-5-7-16(14(3)4)25-10-12-26(13-11-25)19(27)15-8-9-17(28-6-2)24-18(15)20(21,22)23/h5,7-9H,1,3,6,10-13H2,2,4H3/b16-7+. The smallest absolute Gasteiger partial charge is 0.434 e. The van der Waals surface area contributed by atoms with Gasteiger partial charge in [-0.15, -0.1) is 0 Å². The Labute approximate surface area is 162 Å². The van der Waals surface area contributed by atoms with Crippen molar-refractivity contribution in [2.75, 3.05) is 32.8 Å². The van der Waals surface area contributed by atoms with Gasteiger partial charge in [0.15, 0.2) is 5.69 Å². The van der Waals surface area contributed by atoms with Gasteiger partial charge in [-0.3, -0.25) is 4.79 Å². The van der Waals surface area contributed by atoms with Crippen LogP contribution >= 0.6 is 0 Å². The van der Waals surface area contributed by atoms with Crippen LogP contribution in [-0.4, -0.2) is 53.5 Å². The highest BCUT2D eigenvalue weighted by Crippen LogP contribution is 2.32. The third-order valence-electron chi connectivity index (χ3n) is 4.28. The number of alkyl halides is 3. The molecule has 152 valence electrons. The molecule has 0 bridgehead atoms. The summed E-state index contributed by atoms with van der Waals surface area (Å²) >= 11 is 0. The van der Waals surface area contributed by atoms with E-state index in [9.17, 15) is 18.0 Å². The van der Waals surface area contributed by atoms with Crippen molar-refractivity contribution in [3.8, 4) is 5.88 Å². The van der Waals surface area contributed by atoms with E-state index in [2.05, 4.69) is 18.1 Å². The predicted octanol–water partition coefficient (Wildman–Crippen LogP) is 3.90. The van der Waals surface area contributed by atoms with Gasteiger partial charge in [-0.05, 0) is 31.6 Å². The van der Waals surface area contributed by atoms with E-state index in [4.69, 9.17) is 4.74 Å². The van der Waals surface area contributed by atoms with Crippen LogP contribution in [0.25, 0.3) is 0 Å². The molecule has 0 atom stereocenters. The first-order chi connectivity index (χ1) is 13.2. The molecule has 1 fully saturated rings. The molecular formula is C20H24F3N3O2. The third kappa shape index (κ3) is 4.94. The molecule has 0 saturated carbocycles. The normalized spacial score (nSPS) is 15.4.